The number of benzene rings is 3. The summed E-state index contributed by atoms with van der Waals surface area (Å²) in [6.07, 6.45) is 2.42. The van der Waals surface area contributed by atoms with E-state index >= 15 is 0 Å². The highest BCUT2D eigenvalue weighted by atomic mass is 35.5. The molecule has 3 atom stereocenters. The van der Waals surface area contributed by atoms with Gasteiger partial charge < -0.3 is 4.74 Å². The van der Waals surface area contributed by atoms with Gasteiger partial charge in [0, 0.05) is 21.5 Å². The molecule has 2 fully saturated rings. The topological polar surface area (TPSA) is 93.6 Å². The third kappa shape index (κ3) is 4.98. The Morgan fingerprint density at radius 2 is 1.60 bits per heavy atom. The molecule has 0 radical (unpaired) electrons. The average Bonchev–Trinajstić information content (AvgIpc) is 3.26. The first-order valence-corrected chi connectivity index (χ1v) is 14.5. The van der Waals surface area contributed by atoms with Gasteiger partial charge in [-0.05, 0) is 62.6 Å². The van der Waals surface area contributed by atoms with Crippen molar-refractivity contribution in [2.24, 2.45) is 11.8 Å². The number of aryl methyl sites for hydroxylation is 1. The van der Waals surface area contributed by atoms with E-state index in [-0.39, 0.29) is 35.0 Å². The van der Waals surface area contributed by atoms with Gasteiger partial charge in [0.15, 0.2) is 6.10 Å². The van der Waals surface area contributed by atoms with E-state index in [0.29, 0.717) is 38.4 Å². The molecular formula is C34H29ClN2O5. The van der Waals surface area contributed by atoms with Crippen LogP contribution in [0.3, 0.4) is 0 Å². The summed E-state index contributed by atoms with van der Waals surface area (Å²) in [7, 11) is 0. The maximum absolute atomic E-state index is 13.5. The van der Waals surface area contributed by atoms with Gasteiger partial charge in [0.25, 0.3) is 0 Å². The van der Waals surface area contributed by atoms with E-state index < -0.39 is 12.1 Å². The Bertz CT molecular complexity index is 1730. The van der Waals surface area contributed by atoms with E-state index in [2.05, 4.69) is 0 Å². The second-order valence-electron chi connectivity index (χ2n) is 11.0. The van der Waals surface area contributed by atoms with Gasteiger partial charge in [-0.15, -0.1) is 0 Å². The standard InChI is InChI=1S/C34H29ClN2O5/c1-19-7-5-12-25-28(34(41)42-20(2)31(38)22-8-6-9-23(35)17-22)18-29(36-30(19)25)21-13-15-24(16-14-21)37-32(39)26-10-3-4-11-27(26)33(37)40/h5-9,12-18,20,26-27H,3-4,10-11H2,1-2H3. The number of hydrogen-bond acceptors (Lipinski definition) is 6. The SMILES string of the molecule is Cc1cccc2c(C(=O)OC(C)C(=O)c3cccc(Cl)c3)cc(-c3ccc(N4C(=O)C5CCCCC5C4=O)cc3)nc12. The van der Waals surface area contributed by atoms with Crippen LogP contribution in [-0.4, -0.2) is 34.7 Å². The minimum atomic E-state index is -1.04. The summed E-state index contributed by atoms with van der Waals surface area (Å²) in [6, 6.07) is 20.8. The van der Waals surface area contributed by atoms with Crippen molar-refractivity contribution in [1.82, 2.24) is 4.98 Å². The fourth-order valence-electron chi connectivity index (χ4n) is 6.06. The number of nitrogens with zero attached hydrogens (tertiary/aromatic N) is 2. The molecule has 0 spiro atoms. The first-order valence-electron chi connectivity index (χ1n) is 14.1. The fourth-order valence-corrected chi connectivity index (χ4v) is 6.25. The minimum Gasteiger partial charge on any atom is -0.451 e. The van der Waals surface area contributed by atoms with Gasteiger partial charge in [0.05, 0.1) is 34.3 Å². The number of rotatable bonds is 6. The summed E-state index contributed by atoms with van der Waals surface area (Å²) < 4.78 is 5.65. The predicted octanol–water partition coefficient (Wildman–Crippen LogP) is 6.97. The molecule has 0 bridgehead atoms. The molecule has 3 unspecified atom stereocenters. The smallest absolute Gasteiger partial charge is 0.339 e. The molecule has 1 aromatic heterocycles. The summed E-state index contributed by atoms with van der Waals surface area (Å²) in [4.78, 5) is 58.7. The number of pyridine rings is 1. The summed E-state index contributed by atoms with van der Waals surface area (Å²) in [5.41, 5.74) is 3.91. The quantitative estimate of drug-likeness (QED) is 0.139. The number of imide groups is 1. The molecule has 3 aromatic carbocycles. The lowest BCUT2D eigenvalue weighted by molar-refractivity contribution is -0.122. The highest BCUT2D eigenvalue weighted by Crippen LogP contribution is 2.40. The maximum Gasteiger partial charge on any atom is 0.339 e. The number of carbonyl (C=O) groups excluding carboxylic acids is 4. The number of esters is 1. The van der Waals surface area contributed by atoms with Crippen LogP contribution in [-0.2, 0) is 14.3 Å². The predicted molar refractivity (Wildman–Crippen MR) is 161 cm³/mol. The molecule has 8 heteroatoms. The second-order valence-corrected chi connectivity index (χ2v) is 11.4. The van der Waals surface area contributed by atoms with E-state index in [9.17, 15) is 19.2 Å². The largest absolute Gasteiger partial charge is 0.451 e. The molecule has 1 aliphatic carbocycles. The van der Waals surface area contributed by atoms with Crippen molar-refractivity contribution in [2.75, 3.05) is 4.90 Å². The molecule has 2 aliphatic rings. The summed E-state index contributed by atoms with van der Waals surface area (Å²) in [6.45, 7) is 3.44. The number of ether oxygens (including phenoxy) is 1. The van der Waals surface area contributed by atoms with E-state index in [4.69, 9.17) is 21.3 Å². The van der Waals surface area contributed by atoms with Gasteiger partial charge in [0.2, 0.25) is 17.6 Å². The number of aromatic nitrogens is 1. The monoisotopic (exact) mass is 580 g/mol. The molecule has 1 aliphatic heterocycles. The van der Waals surface area contributed by atoms with Gasteiger partial charge in [-0.25, -0.2) is 9.78 Å². The van der Waals surface area contributed by atoms with Crippen molar-refractivity contribution in [2.45, 2.75) is 45.6 Å². The van der Waals surface area contributed by atoms with Crippen LogP contribution in [0.15, 0.2) is 72.8 Å². The Morgan fingerprint density at radius 1 is 0.929 bits per heavy atom. The Kier molecular flexibility index (Phi) is 7.37. The number of amides is 2. The fraction of sp³-hybridized carbons (Fsp3) is 0.265. The van der Waals surface area contributed by atoms with Crippen molar-refractivity contribution in [1.29, 1.82) is 0 Å². The second kappa shape index (κ2) is 11.1. The van der Waals surface area contributed by atoms with E-state index in [0.717, 1.165) is 31.2 Å². The maximum atomic E-state index is 13.5. The first kappa shape index (κ1) is 27.8. The van der Waals surface area contributed by atoms with Crippen LogP contribution in [0.2, 0.25) is 5.02 Å². The molecule has 2 heterocycles. The average molecular weight is 581 g/mol. The van der Waals surface area contributed by atoms with Crippen molar-refractivity contribution < 1.29 is 23.9 Å². The summed E-state index contributed by atoms with van der Waals surface area (Å²) in [5.74, 6) is -1.70. The number of hydrogen-bond donors (Lipinski definition) is 0. The molecule has 42 heavy (non-hydrogen) atoms. The molecule has 212 valence electrons. The summed E-state index contributed by atoms with van der Waals surface area (Å²) in [5, 5.41) is 1.03. The molecule has 4 aromatic rings. The van der Waals surface area contributed by atoms with E-state index in [1.807, 2.05) is 19.1 Å². The van der Waals surface area contributed by atoms with Gasteiger partial charge >= 0.3 is 5.97 Å². The highest BCUT2D eigenvalue weighted by Gasteiger charge is 2.48. The molecule has 2 amide bonds. The van der Waals surface area contributed by atoms with Crippen LogP contribution in [0.25, 0.3) is 22.2 Å². The molecule has 6 rings (SSSR count). The lowest BCUT2D eigenvalue weighted by Crippen LogP contribution is -2.30. The molecular weight excluding hydrogens is 552 g/mol. The third-order valence-corrected chi connectivity index (χ3v) is 8.52. The summed E-state index contributed by atoms with van der Waals surface area (Å²) >= 11 is 6.04. The molecule has 0 N–H and O–H groups in total. The Labute approximate surface area is 248 Å². The zero-order chi connectivity index (χ0) is 29.5. The van der Waals surface area contributed by atoms with Crippen molar-refractivity contribution >= 4 is 51.8 Å². The van der Waals surface area contributed by atoms with Crippen LogP contribution in [0.1, 0.15) is 58.9 Å². The Balaban J connectivity index is 1.31. The lowest BCUT2D eigenvalue weighted by Gasteiger charge is -2.19. The number of para-hydroxylation sites is 1. The Hall–Kier alpha value is -4.36. The van der Waals surface area contributed by atoms with E-state index in [1.54, 1.807) is 60.7 Å². The first-order chi connectivity index (χ1) is 20.2. The highest BCUT2D eigenvalue weighted by molar-refractivity contribution is 6.31. The number of fused-ring (bicyclic) bond motifs is 2. The molecule has 1 saturated carbocycles. The van der Waals surface area contributed by atoms with Gasteiger partial charge in [-0.2, -0.15) is 0 Å². The van der Waals surface area contributed by atoms with Crippen LogP contribution in [0, 0.1) is 18.8 Å². The third-order valence-electron chi connectivity index (χ3n) is 8.29. The van der Waals surface area contributed by atoms with Crippen LogP contribution >= 0.6 is 11.6 Å². The van der Waals surface area contributed by atoms with Crippen LogP contribution < -0.4 is 4.90 Å². The van der Waals surface area contributed by atoms with Gasteiger partial charge in [-0.3, -0.25) is 19.3 Å². The van der Waals surface area contributed by atoms with E-state index in [1.165, 1.54) is 11.8 Å². The van der Waals surface area contributed by atoms with Crippen molar-refractivity contribution in [3.05, 3.63) is 94.5 Å². The number of halogens is 1. The zero-order valence-electron chi connectivity index (χ0n) is 23.3. The number of anilines is 1. The lowest BCUT2D eigenvalue weighted by atomic mass is 9.81. The number of carbonyl (C=O) groups is 4. The van der Waals surface area contributed by atoms with Crippen LogP contribution in [0.5, 0.6) is 0 Å². The van der Waals surface area contributed by atoms with Gasteiger partial charge in [0.1, 0.15) is 0 Å². The molecule has 1 saturated heterocycles. The van der Waals surface area contributed by atoms with Crippen molar-refractivity contribution in [3.63, 3.8) is 0 Å². The number of ketones is 1. The number of Topliss-reactive ketones (excluding diaryl/α,β-unsaturated/α-hetero) is 1. The zero-order valence-corrected chi connectivity index (χ0v) is 24.1. The minimum absolute atomic E-state index is 0.122. The molecule has 7 nitrogen and oxygen atoms in total. The normalized spacial score (nSPS) is 19.1. The van der Waals surface area contributed by atoms with Crippen molar-refractivity contribution in [3.8, 4) is 11.3 Å². The Morgan fingerprint density at radius 3 is 2.26 bits per heavy atom. The van der Waals surface area contributed by atoms with Gasteiger partial charge in [-0.1, -0.05) is 66.9 Å². The van der Waals surface area contributed by atoms with Crippen LogP contribution in [0.4, 0.5) is 5.69 Å².